The van der Waals surface area contributed by atoms with Gasteiger partial charge in [0.05, 0.1) is 7.11 Å². The van der Waals surface area contributed by atoms with Crippen LogP contribution in [-0.2, 0) is 0 Å². The van der Waals surface area contributed by atoms with Crippen LogP contribution in [0.15, 0.2) is 18.2 Å². The third-order valence-corrected chi connectivity index (χ3v) is 1.21. The fourth-order valence-electron chi connectivity index (χ4n) is 0.693. The Bertz CT molecular complexity index is 233. The van der Waals surface area contributed by atoms with E-state index in [-0.39, 0.29) is 5.75 Å². The number of methoxy groups -OCH3 is 1. The highest BCUT2D eigenvalue weighted by atomic mass is 19.3. The van der Waals surface area contributed by atoms with Crippen molar-refractivity contribution in [1.82, 2.24) is 0 Å². The highest BCUT2D eigenvalue weighted by molar-refractivity contribution is 5.29. The molecule has 0 spiro atoms. The van der Waals surface area contributed by atoms with Crippen LogP contribution < -0.4 is 9.47 Å². The molecule has 0 atom stereocenters. The third-order valence-electron chi connectivity index (χ3n) is 1.21. The Morgan fingerprint density at radius 1 is 1.42 bits per heavy atom. The van der Waals surface area contributed by atoms with Crippen LogP contribution in [0.3, 0.4) is 0 Å². The maximum absolute atomic E-state index is 11.6. The zero-order valence-corrected chi connectivity index (χ0v) is 6.38. The molecule has 1 rings (SSSR count). The standard InChI is InChI=1S/C8H7F2O2/c1-11-6-2-4-7(5-3-6)12-8(9)10/h2-4,8H,1H3. The molecule has 0 aliphatic heterocycles. The van der Waals surface area contributed by atoms with Crippen molar-refractivity contribution < 1.29 is 18.3 Å². The highest BCUT2D eigenvalue weighted by Gasteiger charge is 2.03. The van der Waals surface area contributed by atoms with Gasteiger partial charge in [0.2, 0.25) is 0 Å². The number of hydrogen-bond donors (Lipinski definition) is 0. The number of rotatable bonds is 3. The van der Waals surface area contributed by atoms with Crippen molar-refractivity contribution in [3.8, 4) is 11.5 Å². The van der Waals surface area contributed by atoms with Gasteiger partial charge in [0.25, 0.3) is 0 Å². The molecule has 0 saturated carbocycles. The molecular formula is C8H7F2O2. The van der Waals surface area contributed by atoms with E-state index in [1.54, 1.807) is 0 Å². The molecule has 0 fully saturated rings. The normalized spacial score (nSPS) is 10.0. The van der Waals surface area contributed by atoms with Crippen LogP contribution in [0.25, 0.3) is 0 Å². The fraction of sp³-hybridized carbons (Fsp3) is 0.250. The van der Waals surface area contributed by atoms with Crippen molar-refractivity contribution in [1.29, 1.82) is 0 Å². The van der Waals surface area contributed by atoms with Gasteiger partial charge in [0, 0.05) is 6.07 Å². The molecule has 0 N–H and O–H groups in total. The number of halogens is 2. The summed E-state index contributed by atoms with van der Waals surface area (Å²) in [5.74, 6) is 0.558. The van der Waals surface area contributed by atoms with Gasteiger partial charge in [-0.3, -0.25) is 0 Å². The van der Waals surface area contributed by atoms with Crippen LogP contribution >= 0.6 is 0 Å². The molecule has 0 aliphatic carbocycles. The minimum atomic E-state index is -2.81. The Morgan fingerprint density at radius 3 is 2.58 bits per heavy atom. The van der Waals surface area contributed by atoms with Crippen molar-refractivity contribution in [3.63, 3.8) is 0 Å². The second-order valence-electron chi connectivity index (χ2n) is 1.97. The first-order chi connectivity index (χ1) is 5.72. The van der Waals surface area contributed by atoms with Gasteiger partial charge in [-0.2, -0.15) is 8.78 Å². The van der Waals surface area contributed by atoms with E-state index in [4.69, 9.17) is 4.74 Å². The van der Waals surface area contributed by atoms with Gasteiger partial charge in [-0.1, -0.05) is 0 Å². The zero-order chi connectivity index (χ0) is 8.97. The van der Waals surface area contributed by atoms with Gasteiger partial charge in [-0.25, -0.2) is 0 Å². The summed E-state index contributed by atoms with van der Waals surface area (Å²) in [5, 5.41) is 0. The van der Waals surface area contributed by atoms with Crippen LogP contribution in [0.5, 0.6) is 11.5 Å². The molecule has 1 aromatic carbocycles. The van der Waals surface area contributed by atoms with Gasteiger partial charge in [0.1, 0.15) is 11.5 Å². The molecule has 0 amide bonds. The second kappa shape index (κ2) is 3.90. The Hall–Kier alpha value is -1.32. The quantitative estimate of drug-likeness (QED) is 0.696. The van der Waals surface area contributed by atoms with Gasteiger partial charge in [-0.05, 0) is 18.2 Å². The summed E-state index contributed by atoms with van der Waals surface area (Å²) >= 11 is 0. The molecule has 65 valence electrons. The van der Waals surface area contributed by atoms with Crippen LogP contribution in [0.2, 0.25) is 0 Å². The summed E-state index contributed by atoms with van der Waals surface area (Å²) in [4.78, 5) is 0. The van der Waals surface area contributed by atoms with E-state index in [0.29, 0.717) is 5.75 Å². The Kier molecular flexibility index (Phi) is 2.85. The first-order valence-electron chi connectivity index (χ1n) is 3.23. The van der Waals surface area contributed by atoms with Crippen LogP contribution in [0.4, 0.5) is 8.78 Å². The maximum Gasteiger partial charge on any atom is 0.387 e. The van der Waals surface area contributed by atoms with Gasteiger partial charge in [-0.15, -0.1) is 0 Å². The lowest BCUT2D eigenvalue weighted by molar-refractivity contribution is -0.0500. The van der Waals surface area contributed by atoms with E-state index >= 15 is 0 Å². The molecule has 12 heavy (non-hydrogen) atoms. The summed E-state index contributed by atoms with van der Waals surface area (Å²) < 4.78 is 32.1. The summed E-state index contributed by atoms with van der Waals surface area (Å²) in [6.45, 7) is -2.81. The maximum atomic E-state index is 11.6. The summed E-state index contributed by atoms with van der Waals surface area (Å²) in [7, 11) is 1.48. The number of alkyl halides is 2. The van der Waals surface area contributed by atoms with Gasteiger partial charge < -0.3 is 9.47 Å². The van der Waals surface area contributed by atoms with Crippen molar-refractivity contribution in [3.05, 3.63) is 24.3 Å². The molecule has 0 bridgehead atoms. The van der Waals surface area contributed by atoms with E-state index in [2.05, 4.69) is 10.8 Å². The lowest BCUT2D eigenvalue weighted by atomic mass is 10.3. The Morgan fingerprint density at radius 2 is 2.17 bits per heavy atom. The SMILES string of the molecule is COc1c[c]c(OC(F)F)cc1. The zero-order valence-electron chi connectivity index (χ0n) is 6.38. The lowest BCUT2D eigenvalue weighted by Gasteiger charge is -2.03. The number of hydrogen-bond acceptors (Lipinski definition) is 2. The molecule has 0 aromatic heterocycles. The highest BCUT2D eigenvalue weighted by Crippen LogP contribution is 2.17. The summed E-state index contributed by atoms with van der Waals surface area (Å²) in [5.41, 5.74) is 0. The number of ether oxygens (including phenoxy) is 2. The van der Waals surface area contributed by atoms with Crippen molar-refractivity contribution in [2.24, 2.45) is 0 Å². The monoisotopic (exact) mass is 173 g/mol. The van der Waals surface area contributed by atoms with E-state index in [1.807, 2.05) is 0 Å². The molecule has 4 heteroatoms. The number of benzene rings is 1. The molecule has 0 saturated heterocycles. The topological polar surface area (TPSA) is 18.5 Å². The largest absolute Gasteiger partial charge is 0.497 e. The average molecular weight is 173 g/mol. The van der Waals surface area contributed by atoms with E-state index < -0.39 is 6.61 Å². The molecule has 1 aromatic rings. The Labute approximate surface area is 68.7 Å². The van der Waals surface area contributed by atoms with Crippen LogP contribution in [-0.4, -0.2) is 13.7 Å². The lowest BCUT2D eigenvalue weighted by Crippen LogP contribution is -2.01. The first kappa shape index (κ1) is 8.77. The molecule has 0 unspecified atom stereocenters. The molecule has 1 radical (unpaired) electrons. The van der Waals surface area contributed by atoms with E-state index in [9.17, 15) is 8.78 Å². The van der Waals surface area contributed by atoms with E-state index in [0.717, 1.165) is 0 Å². The van der Waals surface area contributed by atoms with Gasteiger partial charge in [0.15, 0.2) is 0 Å². The van der Waals surface area contributed by atoms with Crippen molar-refractivity contribution in [2.75, 3.05) is 7.11 Å². The Balaban J connectivity index is 2.65. The van der Waals surface area contributed by atoms with Crippen molar-refractivity contribution in [2.45, 2.75) is 6.61 Å². The molecule has 0 heterocycles. The minimum absolute atomic E-state index is 0.00537. The minimum Gasteiger partial charge on any atom is -0.497 e. The van der Waals surface area contributed by atoms with Crippen LogP contribution in [0, 0.1) is 6.07 Å². The predicted molar refractivity (Wildman–Crippen MR) is 38.5 cm³/mol. The first-order valence-corrected chi connectivity index (χ1v) is 3.23. The van der Waals surface area contributed by atoms with Crippen molar-refractivity contribution >= 4 is 0 Å². The third kappa shape index (κ3) is 2.38. The smallest absolute Gasteiger partial charge is 0.387 e. The second-order valence-corrected chi connectivity index (χ2v) is 1.97. The predicted octanol–water partition coefficient (Wildman–Crippen LogP) is 2.10. The molecule has 0 aliphatic rings. The molecule has 2 nitrogen and oxygen atoms in total. The fourth-order valence-corrected chi connectivity index (χ4v) is 0.693. The summed E-state index contributed by atoms with van der Waals surface area (Å²) in [6.07, 6.45) is 0. The summed E-state index contributed by atoms with van der Waals surface area (Å²) in [6, 6.07) is 6.81. The molecular weight excluding hydrogens is 166 g/mol. The van der Waals surface area contributed by atoms with Gasteiger partial charge >= 0.3 is 6.61 Å². The average Bonchev–Trinajstić information content (AvgIpc) is 2.05. The van der Waals surface area contributed by atoms with Crippen LogP contribution in [0.1, 0.15) is 0 Å². The van der Waals surface area contributed by atoms with E-state index in [1.165, 1.54) is 25.3 Å².